The second-order valence-electron chi connectivity index (χ2n) is 5.74. The van der Waals surface area contributed by atoms with Crippen LogP contribution in [0.5, 0.6) is 0 Å². The summed E-state index contributed by atoms with van der Waals surface area (Å²) in [5.74, 6) is 0.944. The van der Waals surface area contributed by atoms with Gasteiger partial charge >= 0.3 is 0 Å². The van der Waals surface area contributed by atoms with Crippen LogP contribution < -0.4 is 5.32 Å². The van der Waals surface area contributed by atoms with Gasteiger partial charge in [0, 0.05) is 31.3 Å². The minimum atomic E-state index is 0.321. The molecule has 0 aromatic carbocycles. The minimum absolute atomic E-state index is 0.321. The van der Waals surface area contributed by atoms with Crippen LogP contribution >= 0.6 is 0 Å². The molecule has 0 bridgehead atoms. The summed E-state index contributed by atoms with van der Waals surface area (Å²) < 4.78 is 5.49. The molecular formula is C13H26N2O. The maximum Gasteiger partial charge on any atom is 0.0484 e. The predicted octanol–water partition coefficient (Wildman–Crippen LogP) is 1.49. The van der Waals surface area contributed by atoms with E-state index in [9.17, 15) is 0 Å². The Morgan fingerprint density at radius 2 is 1.94 bits per heavy atom. The zero-order valence-corrected chi connectivity index (χ0v) is 11.0. The van der Waals surface area contributed by atoms with Crippen molar-refractivity contribution < 1.29 is 4.74 Å². The first kappa shape index (κ1) is 12.3. The van der Waals surface area contributed by atoms with Crippen LogP contribution in [0.15, 0.2) is 0 Å². The summed E-state index contributed by atoms with van der Waals surface area (Å²) in [4.78, 5) is 2.39. The molecule has 1 heterocycles. The number of nitrogens with zero attached hydrogens (tertiary/aromatic N) is 1. The van der Waals surface area contributed by atoms with Crippen molar-refractivity contribution in [2.75, 3.05) is 33.9 Å². The van der Waals surface area contributed by atoms with Crippen molar-refractivity contribution in [3.8, 4) is 0 Å². The summed E-state index contributed by atoms with van der Waals surface area (Å²) in [5.41, 5.74) is 0.321. The van der Waals surface area contributed by atoms with E-state index in [1.807, 2.05) is 0 Å². The Labute approximate surface area is 99.5 Å². The topological polar surface area (TPSA) is 24.5 Å². The van der Waals surface area contributed by atoms with Gasteiger partial charge in [0.25, 0.3) is 0 Å². The average molecular weight is 226 g/mol. The highest BCUT2D eigenvalue weighted by atomic mass is 16.5. The molecular weight excluding hydrogens is 200 g/mol. The standard InChI is InChI=1S/C13H26N2O/c1-11(12-4-5-12)14-10-13(15(2)3)6-8-16-9-7-13/h11-12,14H,4-10H2,1-3H3. The molecule has 0 aromatic heterocycles. The van der Waals surface area contributed by atoms with E-state index in [1.165, 1.54) is 12.8 Å². The summed E-state index contributed by atoms with van der Waals surface area (Å²) in [6.07, 6.45) is 5.16. The van der Waals surface area contributed by atoms with E-state index in [1.54, 1.807) is 0 Å². The van der Waals surface area contributed by atoms with Crippen LogP contribution in [0.3, 0.4) is 0 Å². The molecule has 0 aromatic rings. The molecule has 1 aliphatic carbocycles. The molecule has 0 amide bonds. The van der Waals surface area contributed by atoms with Crippen molar-refractivity contribution >= 4 is 0 Å². The van der Waals surface area contributed by atoms with Crippen LogP contribution in [-0.4, -0.2) is 50.3 Å². The van der Waals surface area contributed by atoms with Crippen molar-refractivity contribution in [1.29, 1.82) is 0 Å². The lowest BCUT2D eigenvalue weighted by Gasteiger charge is -2.43. The molecule has 3 nitrogen and oxygen atoms in total. The Bertz CT molecular complexity index is 220. The monoisotopic (exact) mass is 226 g/mol. The van der Waals surface area contributed by atoms with Gasteiger partial charge in [-0.2, -0.15) is 0 Å². The highest BCUT2D eigenvalue weighted by molar-refractivity contribution is 4.94. The first-order chi connectivity index (χ1) is 7.64. The second-order valence-corrected chi connectivity index (χ2v) is 5.74. The molecule has 1 N–H and O–H groups in total. The van der Waals surface area contributed by atoms with Gasteiger partial charge in [-0.25, -0.2) is 0 Å². The van der Waals surface area contributed by atoms with E-state index < -0.39 is 0 Å². The van der Waals surface area contributed by atoms with Gasteiger partial charge in [0.15, 0.2) is 0 Å². The third-order valence-corrected chi connectivity index (χ3v) is 4.45. The predicted molar refractivity (Wildman–Crippen MR) is 66.7 cm³/mol. The normalized spacial score (nSPS) is 27.0. The highest BCUT2D eigenvalue weighted by Crippen LogP contribution is 2.33. The van der Waals surface area contributed by atoms with E-state index in [4.69, 9.17) is 4.74 Å². The van der Waals surface area contributed by atoms with Gasteiger partial charge in [-0.1, -0.05) is 0 Å². The Morgan fingerprint density at radius 1 is 1.31 bits per heavy atom. The Morgan fingerprint density at radius 3 is 2.44 bits per heavy atom. The summed E-state index contributed by atoms with van der Waals surface area (Å²) >= 11 is 0. The Kier molecular flexibility index (Phi) is 3.88. The zero-order chi connectivity index (χ0) is 11.6. The van der Waals surface area contributed by atoms with Crippen molar-refractivity contribution in [2.24, 2.45) is 5.92 Å². The van der Waals surface area contributed by atoms with E-state index in [0.717, 1.165) is 38.5 Å². The van der Waals surface area contributed by atoms with Crippen LogP contribution in [0.25, 0.3) is 0 Å². The summed E-state index contributed by atoms with van der Waals surface area (Å²) in [6.45, 7) is 5.27. The molecule has 16 heavy (non-hydrogen) atoms. The number of nitrogens with one attached hydrogen (secondary N) is 1. The van der Waals surface area contributed by atoms with E-state index >= 15 is 0 Å². The van der Waals surface area contributed by atoms with Crippen molar-refractivity contribution in [3.63, 3.8) is 0 Å². The largest absolute Gasteiger partial charge is 0.381 e. The maximum atomic E-state index is 5.49. The van der Waals surface area contributed by atoms with Crippen molar-refractivity contribution in [1.82, 2.24) is 10.2 Å². The van der Waals surface area contributed by atoms with E-state index in [-0.39, 0.29) is 0 Å². The van der Waals surface area contributed by atoms with Crippen LogP contribution in [0.2, 0.25) is 0 Å². The fourth-order valence-corrected chi connectivity index (χ4v) is 2.65. The number of ether oxygens (including phenoxy) is 1. The smallest absolute Gasteiger partial charge is 0.0484 e. The summed E-state index contributed by atoms with van der Waals surface area (Å²) in [7, 11) is 4.41. The van der Waals surface area contributed by atoms with E-state index in [0.29, 0.717) is 11.6 Å². The van der Waals surface area contributed by atoms with Crippen LogP contribution in [-0.2, 0) is 4.74 Å². The molecule has 0 spiro atoms. The van der Waals surface area contributed by atoms with Gasteiger partial charge in [-0.15, -0.1) is 0 Å². The van der Waals surface area contributed by atoms with Crippen LogP contribution in [0.1, 0.15) is 32.6 Å². The molecule has 2 aliphatic rings. The SMILES string of the molecule is CC(NCC1(N(C)C)CCOCC1)C1CC1. The van der Waals surface area contributed by atoms with Crippen LogP contribution in [0.4, 0.5) is 0 Å². The molecule has 1 unspecified atom stereocenters. The lowest BCUT2D eigenvalue weighted by atomic mass is 9.88. The molecule has 3 heteroatoms. The fraction of sp³-hybridized carbons (Fsp3) is 1.00. The lowest BCUT2D eigenvalue weighted by molar-refractivity contribution is -0.00830. The summed E-state index contributed by atoms with van der Waals surface area (Å²) in [5, 5.41) is 3.74. The molecule has 0 radical (unpaired) electrons. The number of rotatable bonds is 5. The van der Waals surface area contributed by atoms with Gasteiger partial charge in [-0.3, -0.25) is 0 Å². The first-order valence-electron chi connectivity index (χ1n) is 6.63. The number of hydrogen-bond donors (Lipinski definition) is 1. The third kappa shape index (κ3) is 2.76. The maximum absolute atomic E-state index is 5.49. The summed E-state index contributed by atoms with van der Waals surface area (Å²) in [6, 6.07) is 0.694. The van der Waals surface area contributed by atoms with Crippen molar-refractivity contribution in [2.45, 2.75) is 44.2 Å². The minimum Gasteiger partial charge on any atom is -0.381 e. The molecule has 2 fully saturated rings. The van der Waals surface area contributed by atoms with Gasteiger partial charge in [-0.05, 0) is 52.6 Å². The Balaban J connectivity index is 1.85. The van der Waals surface area contributed by atoms with Gasteiger partial charge < -0.3 is 15.0 Å². The average Bonchev–Trinajstić information content (AvgIpc) is 3.11. The molecule has 1 saturated heterocycles. The molecule has 1 atom stereocenters. The molecule has 1 aliphatic heterocycles. The fourth-order valence-electron chi connectivity index (χ4n) is 2.65. The van der Waals surface area contributed by atoms with Gasteiger partial charge in [0.1, 0.15) is 0 Å². The van der Waals surface area contributed by atoms with Crippen molar-refractivity contribution in [3.05, 3.63) is 0 Å². The third-order valence-electron chi connectivity index (χ3n) is 4.45. The van der Waals surface area contributed by atoms with Gasteiger partial charge in [0.05, 0.1) is 0 Å². The second kappa shape index (κ2) is 5.03. The lowest BCUT2D eigenvalue weighted by Crippen LogP contribution is -2.56. The molecule has 94 valence electrons. The zero-order valence-electron chi connectivity index (χ0n) is 11.0. The van der Waals surface area contributed by atoms with E-state index in [2.05, 4.69) is 31.2 Å². The number of likely N-dealkylation sites (N-methyl/N-ethyl adjacent to an activating group) is 1. The molecule has 2 rings (SSSR count). The highest BCUT2D eigenvalue weighted by Gasteiger charge is 2.36. The van der Waals surface area contributed by atoms with Gasteiger partial charge in [0.2, 0.25) is 0 Å². The molecule has 1 saturated carbocycles. The Hall–Kier alpha value is -0.120. The van der Waals surface area contributed by atoms with Crippen LogP contribution in [0, 0.1) is 5.92 Å². The number of hydrogen-bond acceptors (Lipinski definition) is 3. The first-order valence-corrected chi connectivity index (χ1v) is 6.63. The quantitative estimate of drug-likeness (QED) is 0.768.